The minimum atomic E-state index is 0.0642. The number of hydrogen-bond donors (Lipinski definition) is 1. The van der Waals surface area contributed by atoms with Crippen LogP contribution in [0.25, 0.3) is 10.2 Å². The van der Waals surface area contributed by atoms with Gasteiger partial charge in [0.25, 0.3) is 0 Å². The molecule has 4 rings (SSSR count). The highest BCUT2D eigenvalue weighted by atomic mass is 32.1. The van der Waals surface area contributed by atoms with Crippen LogP contribution >= 0.6 is 11.3 Å². The van der Waals surface area contributed by atoms with Gasteiger partial charge in [0, 0.05) is 45.8 Å². The summed E-state index contributed by atoms with van der Waals surface area (Å²) in [6.07, 6.45) is 5.44. The zero-order valence-electron chi connectivity index (χ0n) is 17.4. The van der Waals surface area contributed by atoms with E-state index in [1.54, 1.807) is 27.1 Å². The summed E-state index contributed by atoms with van der Waals surface area (Å²) in [6, 6.07) is 8.24. The first kappa shape index (κ1) is 20.3. The first-order valence-electron chi connectivity index (χ1n) is 10.3. The number of aryl methyl sites for hydroxylation is 2. The van der Waals surface area contributed by atoms with E-state index in [1.807, 2.05) is 37.2 Å². The molecule has 3 aromatic rings. The molecule has 1 aliphatic rings. The summed E-state index contributed by atoms with van der Waals surface area (Å²) < 4.78 is 2.95. The number of amides is 1. The van der Waals surface area contributed by atoms with Crippen LogP contribution in [-0.2, 0) is 18.3 Å². The summed E-state index contributed by atoms with van der Waals surface area (Å²) in [4.78, 5) is 26.0. The van der Waals surface area contributed by atoms with Gasteiger partial charge in [0.15, 0.2) is 5.96 Å². The number of nitrogens with zero attached hydrogens (tertiary/aromatic N) is 6. The summed E-state index contributed by atoms with van der Waals surface area (Å²) in [5, 5.41) is 8.64. The number of carbonyl (C=O) groups excluding carboxylic acids is 1. The molecule has 9 heteroatoms. The lowest BCUT2D eigenvalue weighted by Gasteiger charge is -2.35. The average molecular weight is 426 g/mol. The minimum absolute atomic E-state index is 0.0642. The fourth-order valence-electron chi connectivity index (χ4n) is 3.54. The third kappa shape index (κ3) is 4.62. The van der Waals surface area contributed by atoms with E-state index in [4.69, 9.17) is 9.98 Å². The zero-order chi connectivity index (χ0) is 20.9. The standard InChI is InChI=1S/C21H27N7OS/c1-3-22-21(23-10-6-9-19-25-17-7-4-5-8-18(17)30-19)27-11-12-28(20(29)15-27)16-13-24-26(2)14-16/h4-5,7-8,13-14H,3,6,9-12,15H2,1-2H3,(H,22,23). The molecule has 30 heavy (non-hydrogen) atoms. The number of aromatic nitrogens is 3. The van der Waals surface area contributed by atoms with Crippen molar-refractivity contribution in [2.45, 2.75) is 19.8 Å². The predicted octanol–water partition coefficient (Wildman–Crippen LogP) is 2.28. The summed E-state index contributed by atoms with van der Waals surface area (Å²) in [5.41, 5.74) is 1.92. The molecule has 0 unspecified atom stereocenters. The van der Waals surface area contributed by atoms with Crippen molar-refractivity contribution in [1.82, 2.24) is 25.0 Å². The lowest BCUT2D eigenvalue weighted by atomic mass is 10.3. The molecule has 8 nitrogen and oxygen atoms in total. The Morgan fingerprint density at radius 2 is 2.17 bits per heavy atom. The fourth-order valence-corrected chi connectivity index (χ4v) is 4.55. The Morgan fingerprint density at radius 3 is 2.90 bits per heavy atom. The van der Waals surface area contributed by atoms with Crippen LogP contribution in [0.15, 0.2) is 41.7 Å². The highest BCUT2D eigenvalue weighted by Crippen LogP contribution is 2.22. The number of fused-ring (bicyclic) bond motifs is 1. The van der Waals surface area contributed by atoms with Gasteiger partial charge in [-0.05, 0) is 25.5 Å². The third-order valence-corrected chi connectivity index (χ3v) is 6.10. The van der Waals surface area contributed by atoms with Gasteiger partial charge >= 0.3 is 0 Å². The van der Waals surface area contributed by atoms with Crippen molar-refractivity contribution < 1.29 is 4.79 Å². The summed E-state index contributed by atoms with van der Waals surface area (Å²) in [5.74, 6) is 0.871. The van der Waals surface area contributed by atoms with E-state index >= 15 is 0 Å². The van der Waals surface area contributed by atoms with Crippen molar-refractivity contribution in [3.05, 3.63) is 41.7 Å². The van der Waals surface area contributed by atoms with Crippen LogP contribution in [0.4, 0.5) is 5.69 Å². The van der Waals surface area contributed by atoms with E-state index < -0.39 is 0 Å². The van der Waals surface area contributed by atoms with Gasteiger partial charge < -0.3 is 15.1 Å². The molecule has 158 valence electrons. The molecular weight excluding hydrogens is 398 g/mol. The maximum Gasteiger partial charge on any atom is 0.246 e. The molecule has 0 bridgehead atoms. The molecule has 0 radical (unpaired) electrons. The summed E-state index contributed by atoms with van der Waals surface area (Å²) in [7, 11) is 1.86. The van der Waals surface area contributed by atoms with Gasteiger partial charge in [0.2, 0.25) is 5.91 Å². The van der Waals surface area contributed by atoms with Crippen LogP contribution in [0, 0.1) is 0 Å². The molecule has 1 aromatic carbocycles. The molecule has 0 spiro atoms. The Balaban J connectivity index is 1.33. The second kappa shape index (κ2) is 9.25. The van der Waals surface area contributed by atoms with Crippen molar-refractivity contribution in [3.8, 4) is 0 Å². The normalized spacial score (nSPS) is 15.3. The summed E-state index contributed by atoms with van der Waals surface area (Å²) in [6.45, 7) is 5.21. The molecule has 0 atom stereocenters. The van der Waals surface area contributed by atoms with Crippen molar-refractivity contribution >= 4 is 39.1 Å². The number of guanidine groups is 1. The van der Waals surface area contributed by atoms with E-state index in [0.717, 1.165) is 48.1 Å². The van der Waals surface area contributed by atoms with Gasteiger partial charge in [-0.3, -0.25) is 14.5 Å². The van der Waals surface area contributed by atoms with Crippen molar-refractivity contribution in [2.24, 2.45) is 12.0 Å². The molecule has 0 aliphatic carbocycles. The SMILES string of the molecule is CCNC(=NCCCc1nc2ccccc2s1)N1CCN(c2cnn(C)c2)C(=O)C1. The topological polar surface area (TPSA) is 78.7 Å². The monoisotopic (exact) mass is 425 g/mol. The Bertz CT molecular complexity index is 1010. The van der Waals surface area contributed by atoms with E-state index in [2.05, 4.69) is 22.5 Å². The minimum Gasteiger partial charge on any atom is -0.357 e. The van der Waals surface area contributed by atoms with E-state index in [1.165, 1.54) is 4.70 Å². The Morgan fingerprint density at radius 1 is 1.30 bits per heavy atom. The largest absolute Gasteiger partial charge is 0.357 e. The lowest BCUT2D eigenvalue weighted by Crippen LogP contribution is -2.55. The van der Waals surface area contributed by atoms with Crippen LogP contribution in [0.5, 0.6) is 0 Å². The quantitative estimate of drug-likeness (QED) is 0.372. The number of carbonyl (C=O) groups is 1. The highest BCUT2D eigenvalue weighted by molar-refractivity contribution is 7.18. The molecule has 2 aromatic heterocycles. The maximum atomic E-state index is 12.7. The first-order valence-corrected chi connectivity index (χ1v) is 11.1. The molecule has 1 fully saturated rings. The molecule has 1 aliphatic heterocycles. The smallest absolute Gasteiger partial charge is 0.246 e. The highest BCUT2D eigenvalue weighted by Gasteiger charge is 2.27. The van der Waals surface area contributed by atoms with E-state index in [0.29, 0.717) is 19.6 Å². The number of benzene rings is 1. The zero-order valence-corrected chi connectivity index (χ0v) is 18.2. The fraction of sp³-hybridized carbons (Fsp3) is 0.429. The molecular formula is C21H27N7OS. The average Bonchev–Trinajstić information content (AvgIpc) is 3.36. The molecule has 1 amide bonds. The number of rotatable bonds is 6. The molecule has 1 N–H and O–H groups in total. The maximum absolute atomic E-state index is 12.7. The van der Waals surface area contributed by atoms with Crippen LogP contribution in [0.1, 0.15) is 18.4 Å². The lowest BCUT2D eigenvalue weighted by molar-refractivity contribution is -0.120. The predicted molar refractivity (Wildman–Crippen MR) is 121 cm³/mol. The van der Waals surface area contributed by atoms with Gasteiger partial charge in [-0.15, -0.1) is 11.3 Å². The molecule has 1 saturated heterocycles. The van der Waals surface area contributed by atoms with Gasteiger partial charge in [-0.25, -0.2) is 4.98 Å². The van der Waals surface area contributed by atoms with Gasteiger partial charge in [0.05, 0.1) is 27.1 Å². The number of anilines is 1. The van der Waals surface area contributed by atoms with E-state index in [-0.39, 0.29) is 5.91 Å². The van der Waals surface area contributed by atoms with Gasteiger partial charge in [-0.1, -0.05) is 12.1 Å². The van der Waals surface area contributed by atoms with Crippen LogP contribution in [0.2, 0.25) is 0 Å². The molecule has 3 heterocycles. The Labute approximate surface area is 180 Å². The summed E-state index contributed by atoms with van der Waals surface area (Å²) >= 11 is 1.75. The number of hydrogen-bond acceptors (Lipinski definition) is 5. The van der Waals surface area contributed by atoms with Crippen LogP contribution < -0.4 is 10.2 Å². The van der Waals surface area contributed by atoms with Crippen molar-refractivity contribution in [1.29, 1.82) is 0 Å². The second-order valence-electron chi connectivity index (χ2n) is 7.25. The second-order valence-corrected chi connectivity index (χ2v) is 8.37. The number of aliphatic imine (C=N–C) groups is 1. The number of para-hydroxylation sites is 1. The van der Waals surface area contributed by atoms with Crippen molar-refractivity contribution in [3.63, 3.8) is 0 Å². The van der Waals surface area contributed by atoms with Gasteiger partial charge in [0.1, 0.15) is 6.54 Å². The number of thiazole rings is 1. The Kier molecular flexibility index (Phi) is 6.27. The van der Waals surface area contributed by atoms with Crippen molar-refractivity contribution in [2.75, 3.05) is 37.6 Å². The Hall–Kier alpha value is -2.94. The van der Waals surface area contributed by atoms with Crippen LogP contribution in [-0.4, -0.2) is 64.3 Å². The van der Waals surface area contributed by atoms with Crippen LogP contribution in [0.3, 0.4) is 0 Å². The number of piperazine rings is 1. The third-order valence-electron chi connectivity index (χ3n) is 5.01. The number of nitrogens with one attached hydrogen (secondary N) is 1. The van der Waals surface area contributed by atoms with E-state index in [9.17, 15) is 4.79 Å². The molecule has 0 saturated carbocycles. The van der Waals surface area contributed by atoms with Gasteiger partial charge in [-0.2, -0.15) is 5.10 Å². The first-order chi connectivity index (χ1) is 14.6.